The summed E-state index contributed by atoms with van der Waals surface area (Å²) in [6, 6.07) is 13.4. The Morgan fingerprint density at radius 3 is 2.57 bits per heavy atom. The molecule has 1 atom stereocenters. The van der Waals surface area contributed by atoms with E-state index < -0.39 is 11.2 Å². The lowest BCUT2D eigenvalue weighted by molar-refractivity contribution is 0.595. The van der Waals surface area contributed by atoms with Crippen LogP contribution in [-0.2, 0) is 11.2 Å². The zero-order valence-corrected chi connectivity index (χ0v) is 11.7. The normalized spacial score (nSPS) is 16.1. The zero-order valence-electron chi connectivity index (χ0n) is 10.9. The Morgan fingerprint density at radius 1 is 0.952 bits per heavy atom. The molecular formula is C15H10N4OS. The molecule has 1 unspecified atom stereocenters. The monoisotopic (exact) mass is 294 g/mol. The van der Waals surface area contributed by atoms with Gasteiger partial charge in [0.05, 0.1) is 0 Å². The van der Waals surface area contributed by atoms with Crippen molar-refractivity contribution in [3.63, 3.8) is 0 Å². The Bertz CT molecular complexity index is 829. The fourth-order valence-electron chi connectivity index (χ4n) is 2.35. The minimum atomic E-state index is -1.22. The van der Waals surface area contributed by atoms with E-state index in [0.29, 0.717) is 5.82 Å². The fourth-order valence-corrected chi connectivity index (χ4v) is 3.72. The van der Waals surface area contributed by atoms with Crippen LogP contribution in [0.5, 0.6) is 0 Å². The second-order valence-corrected chi connectivity index (χ2v) is 6.06. The van der Waals surface area contributed by atoms with E-state index in [1.54, 1.807) is 0 Å². The highest BCUT2D eigenvalue weighted by Crippen LogP contribution is 2.33. The first kappa shape index (κ1) is 12.3. The van der Waals surface area contributed by atoms with Crippen molar-refractivity contribution in [3.05, 3.63) is 53.6 Å². The summed E-state index contributed by atoms with van der Waals surface area (Å²) in [6.07, 6.45) is 3.98. The molecule has 21 heavy (non-hydrogen) atoms. The van der Waals surface area contributed by atoms with Crippen LogP contribution in [0.4, 0.5) is 0 Å². The quantitative estimate of drug-likeness (QED) is 0.700. The first-order valence-corrected chi connectivity index (χ1v) is 7.55. The summed E-state index contributed by atoms with van der Waals surface area (Å²) in [6.45, 7) is 0. The molecule has 1 aliphatic heterocycles. The molecular weight excluding hydrogens is 284 g/mol. The van der Waals surface area contributed by atoms with Gasteiger partial charge in [0.25, 0.3) is 0 Å². The van der Waals surface area contributed by atoms with Crippen molar-refractivity contribution in [2.45, 2.75) is 9.79 Å². The average Bonchev–Trinajstić information content (AvgIpc) is 3.02. The first-order valence-electron chi connectivity index (χ1n) is 6.40. The number of tetrazole rings is 1. The van der Waals surface area contributed by atoms with Crippen molar-refractivity contribution in [2.75, 3.05) is 0 Å². The molecule has 0 saturated heterocycles. The summed E-state index contributed by atoms with van der Waals surface area (Å²) in [5.41, 5.74) is 2.75. The van der Waals surface area contributed by atoms with E-state index in [0.717, 1.165) is 26.5 Å². The Labute approximate surface area is 123 Å². The molecule has 0 spiro atoms. The molecule has 3 aromatic rings. The number of rotatable bonds is 1. The van der Waals surface area contributed by atoms with Gasteiger partial charge in [0.1, 0.15) is 0 Å². The Hall–Kier alpha value is -2.44. The number of H-pyrrole nitrogens is 1. The van der Waals surface area contributed by atoms with Gasteiger partial charge in [-0.05, 0) is 40.8 Å². The molecule has 1 N–H and O–H groups in total. The zero-order chi connectivity index (χ0) is 14.2. The Morgan fingerprint density at radius 2 is 1.76 bits per heavy atom. The van der Waals surface area contributed by atoms with Gasteiger partial charge in [-0.15, -0.1) is 5.10 Å². The lowest BCUT2D eigenvalue weighted by Crippen LogP contribution is -2.05. The molecule has 1 aliphatic rings. The van der Waals surface area contributed by atoms with Gasteiger partial charge in [0.15, 0.2) is 15.6 Å². The SMILES string of the molecule is [O-][S+]1c2ccccc2C=Cc2ccc(-c3nnn[nH]3)cc21. The number of aromatic amines is 1. The van der Waals surface area contributed by atoms with Crippen molar-refractivity contribution in [1.29, 1.82) is 0 Å². The average molecular weight is 294 g/mol. The van der Waals surface area contributed by atoms with Crippen LogP contribution in [-0.4, -0.2) is 25.2 Å². The Kier molecular flexibility index (Phi) is 2.83. The van der Waals surface area contributed by atoms with Crippen LogP contribution in [0, 0.1) is 0 Å². The van der Waals surface area contributed by atoms with Crippen molar-refractivity contribution in [3.8, 4) is 11.4 Å². The molecule has 0 saturated carbocycles. The molecule has 0 radical (unpaired) electrons. The maximum atomic E-state index is 12.9. The van der Waals surface area contributed by atoms with E-state index in [1.165, 1.54) is 0 Å². The van der Waals surface area contributed by atoms with E-state index >= 15 is 0 Å². The van der Waals surface area contributed by atoms with Crippen molar-refractivity contribution < 1.29 is 4.55 Å². The topological polar surface area (TPSA) is 77.5 Å². The molecule has 6 heteroatoms. The van der Waals surface area contributed by atoms with Crippen molar-refractivity contribution in [2.24, 2.45) is 0 Å². The summed E-state index contributed by atoms with van der Waals surface area (Å²) >= 11 is -1.22. The molecule has 4 rings (SSSR count). The molecule has 1 aromatic heterocycles. The van der Waals surface area contributed by atoms with Gasteiger partial charge in [-0.1, -0.05) is 18.2 Å². The second kappa shape index (κ2) is 4.83. The fraction of sp³-hybridized carbons (Fsp3) is 0. The van der Waals surface area contributed by atoms with Gasteiger partial charge in [-0.3, -0.25) is 0 Å². The maximum absolute atomic E-state index is 12.9. The number of aromatic nitrogens is 4. The van der Waals surface area contributed by atoms with Crippen LogP contribution in [0.1, 0.15) is 11.1 Å². The summed E-state index contributed by atoms with van der Waals surface area (Å²) in [5.74, 6) is 0.566. The number of hydrogen-bond acceptors (Lipinski definition) is 4. The Balaban J connectivity index is 1.89. The predicted octanol–water partition coefficient (Wildman–Crippen LogP) is 2.52. The minimum Gasteiger partial charge on any atom is -0.606 e. The molecule has 0 fully saturated rings. The lowest BCUT2D eigenvalue weighted by atomic mass is 10.1. The summed E-state index contributed by atoms with van der Waals surface area (Å²) in [4.78, 5) is 1.59. The molecule has 0 bridgehead atoms. The van der Waals surface area contributed by atoms with Gasteiger partial charge in [-0.2, -0.15) is 0 Å². The highest BCUT2D eigenvalue weighted by molar-refractivity contribution is 7.91. The second-order valence-electron chi connectivity index (χ2n) is 4.64. The van der Waals surface area contributed by atoms with Crippen LogP contribution < -0.4 is 0 Å². The first-order chi connectivity index (χ1) is 10.3. The van der Waals surface area contributed by atoms with E-state index in [9.17, 15) is 4.55 Å². The number of benzene rings is 2. The van der Waals surface area contributed by atoms with E-state index in [1.807, 2.05) is 54.6 Å². The molecule has 5 nitrogen and oxygen atoms in total. The van der Waals surface area contributed by atoms with Crippen LogP contribution >= 0.6 is 0 Å². The minimum absolute atomic E-state index is 0.566. The molecule has 102 valence electrons. The number of nitrogens with zero attached hydrogens (tertiary/aromatic N) is 3. The highest BCUT2D eigenvalue weighted by Gasteiger charge is 2.24. The van der Waals surface area contributed by atoms with Crippen molar-refractivity contribution >= 4 is 23.3 Å². The highest BCUT2D eigenvalue weighted by atomic mass is 32.2. The van der Waals surface area contributed by atoms with E-state index in [-0.39, 0.29) is 0 Å². The third-order valence-corrected chi connectivity index (χ3v) is 4.92. The van der Waals surface area contributed by atoms with Crippen LogP contribution in [0.15, 0.2) is 52.3 Å². The van der Waals surface area contributed by atoms with E-state index in [2.05, 4.69) is 20.6 Å². The van der Waals surface area contributed by atoms with Crippen LogP contribution in [0.3, 0.4) is 0 Å². The summed E-state index contributed by atoms with van der Waals surface area (Å²) < 4.78 is 12.9. The number of nitrogens with one attached hydrogen (secondary N) is 1. The summed E-state index contributed by atoms with van der Waals surface area (Å²) in [5, 5.41) is 13.8. The van der Waals surface area contributed by atoms with Gasteiger partial charge in [-0.25, -0.2) is 5.10 Å². The molecule has 2 aromatic carbocycles. The molecule has 0 aliphatic carbocycles. The smallest absolute Gasteiger partial charge is 0.179 e. The molecule has 2 heterocycles. The number of hydrogen-bond donors (Lipinski definition) is 1. The van der Waals surface area contributed by atoms with Gasteiger partial charge in [0, 0.05) is 33.9 Å². The molecule has 0 amide bonds. The van der Waals surface area contributed by atoms with Gasteiger partial charge >= 0.3 is 0 Å². The van der Waals surface area contributed by atoms with E-state index in [4.69, 9.17) is 0 Å². The largest absolute Gasteiger partial charge is 0.606 e. The standard InChI is InChI=1S/C15H10N4OS/c20-21-13-4-2-1-3-10(13)5-6-11-7-8-12(9-14(11)21)15-16-18-19-17-15/h1-9H,(H,16,17,18,19). The maximum Gasteiger partial charge on any atom is 0.179 e. The third-order valence-electron chi connectivity index (χ3n) is 3.39. The predicted molar refractivity (Wildman–Crippen MR) is 79.7 cm³/mol. The summed E-state index contributed by atoms with van der Waals surface area (Å²) in [7, 11) is 0. The van der Waals surface area contributed by atoms with Crippen LogP contribution in [0.2, 0.25) is 0 Å². The third kappa shape index (κ3) is 2.05. The number of fused-ring (bicyclic) bond motifs is 2. The van der Waals surface area contributed by atoms with Gasteiger partial charge < -0.3 is 4.55 Å². The van der Waals surface area contributed by atoms with Crippen LogP contribution in [0.25, 0.3) is 23.5 Å². The van der Waals surface area contributed by atoms with Gasteiger partial charge in [0.2, 0.25) is 0 Å². The lowest BCUT2D eigenvalue weighted by Gasteiger charge is -2.12. The van der Waals surface area contributed by atoms with Crippen molar-refractivity contribution in [1.82, 2.24) is 20.6 Å².